The van der Waals surface area contributed by atoms with Gasteiger partial charge < -0.3 is 25.1 Å². The van der Waals surface area contributed by atoms with Crippen LogP contribution in [0.25, 0.3) is 11.3 Å². The number of carbonyl (C=O) groups is 1. The number of hydrogen-bond acceptors (Lipinski definition) is 7. The number of carbonyl (C=O) groups excluding carboxylic acids is 1. The molecule has 0 aliphatic carbocycles. The number of benzene rings is 1. The maximum Gasteiger partial charge on any atom is 0.417 e. The first kappa shape index (κ1) is 33.7. The monoisotopic (exact) mass is 666 g/mol. The molecule has 3 fully saturated rings. The van der Waals surface area contributed by atoms with Gasteiger partial charge in [-0.15, -0.1) is 11.8 Å². The Morgan fingerprint density at radius 3 is 2.46 bits per heavy atom. The Bertz CT molecular complexity index is 1330. The zero-order chi connectivity index (χ0) is 32.3. The van der Waals surface area contributed by atoms with Crippen molar-refractivity contribution < 1.29 is 27.5 Å². The number of nitrogens with one attached hydrogen (secondary N) is 1. The second kappa shape index (κ2) is 14.9. The number of hydrogen-bond donors (Lipinski definition) is 2. The molecule has 3 saturated heterocycles. The third kappa shape index (κ3) is 8.08. The number of aromatic nitrogens is 2. The van der Waals surface area contributed by atoms with Gasteiger partial charge in [0.15, 0.2) is 0 Å². The average Bonchev–Trinajstić information content (AvgIpc) is 3.71. The highest BCUT2D eigenvalue weighted by atomic mass is 32.2. The Labute approximate surface area is 272 Å². The van der Waals surface area contributed by atoms with Gasteiger partial charge in [0.05, 0.1) is 23.9 Å². The van der Waals surface area contributed by atoms with Crippen molar-refractivity contribution in [1.29, 1.82) is 0 Å². The predicted molar refractivity (Wildman–Crippen MR) is 170 cm³/mol. The van der Waals surface area contributed by atoms with Gasteiger partial charge in [-0.1, -0.05) is 6.07 Å². The van der Waals surface area contributed by atoms with Crippen molar-refractivity contribution in [3.8, 4) is 11.3 Å². The SMILES string of the molecule is O=C(C1CCN(C[C@H](O)Cn2nc(-c3ccc(C(F)(F)F)c(SCCN4CCC(F)CC4)c3)c3c2CCNC3)CC1)N1CCCC1. The van der Waals surface area contributed by atoms with Crippen molar-refractivity contribution in [3.05, 3.63) is 35.0 Å². The summed E-state index contributed by atoms with van der Waals surface area (Å²) in [6.45, 7) is 7.27. The van der Waals surface area contributed by atoms with Crippen molar-refractivity contribution in [2.75, 3.05) is 64.7 Å². The third-order valence-electron chi connectivity index (χ3n) is 9.96. The molecule has 2 N–H and O–H groups in total. The molecule has 2 aromatic rings. The van der Waals surface area contributed by atoms with Gasteiger partial charge in [-0.3, -0.25) is 9.48 Å². The standard InChI is InChI=1S/C33H46F4N6O2S/c34-25-8-15-40(16-9-25)17-18-46-30-19-24(3-4-28(30)33(35,36)37)31-27-20-38-10-5-29(27)43(39-31)22-26(44)21-41-13-6-23(7-14-41)32(45)42-11-1-2-12-42/h3-4,19,23,25-26,38,44H,1-2,5-18,20-22H2/t26-/m0/s1. The predicted octanol–water partition coefficient (Wildman–Crippen LogP) is 4.44. The van der Waals surface area contributed by atoms with E-state index in [-0.39, 0.29) is 16.7 Å². The first-order valence-electron chi connectivity index (χ1n) is 16.8. The van der Waals surface area contributed by atoms with Gasteiger partial charge >= 0.3 is 6.18 Å². The lowest BCUT2D eigenvalue weighted by Crippen LogP contribution is -2.44. The fourth-order valence-corrected chi connectivity index (χ4v) is 8.47. The number of piperidine rings is 2. The number of amides is 1. The number of likely N-dealkylation sites (tertiary alicyclic amines) is 3. The number of aliphatic hydroxyl groups is 1. The van der Waals surface area contributed by atoms with Gasteiger partial charge in [-0.05, 0) is 63.7 Å². The van der Waals surface area contributed by atoms with Crippen molar-refractivity contribution in [2.24, 2.45) is 5.92 Å². The number of nitrogens with zero attached hydrogens (tertiary/aromatic N) is 5. The first-order chi connectivity index (χ1) is 22.2. The number of β-amino-alcohol motifs (C(OH)–C–C–N with tert-alkyl or cyclic N) is 1. The van der Waals surface area contributed by atoms with Crippen molar-refractivity contribution in [3.63, 3.8) is 0 Å². The second-order valence-corrected chi connectivity index (χ2v) is 14.4. The summed E-state index contributed by atoms with van der Waals surface area (Å²) in [7, 11) is 0. The number of fused-ring (bicyclic) bond motifs is 1. The summed E-state index contributed by atoms with van der Waals surface area (Å²) >= 11 is 1.19. The van der Waals surface area contributed by atoms with Gasteiger partial charge in [0.1, 0.15) is 6.17 Å². The quantitative estimate of drug-likeness (QED) is 0.287. The summed E-state index contributed by atoms with van der Waals surface area (Å²) in [4.78, 5) is 19.3. The molecule has 46 heavy (non-hydrogen) atoms. The van der Waals surface area contributed by atoms with Crippen LogP contribution < -0.4 is 5.32 Å². The Kier molecular flexibility index (Phi) is 10.9. The number of thioether (sulfide) groups is 1. The summed E-state index contributed by atoms with van der Waals surface area (Å²) in [5.74, 6) is 0.832. The molecular weight excluding hydrogens is 620 g/mol. The molecule has 8 nitrogen and oxygen atoms in total. The highest BCUT2D eigenvalue weighted by Gasteiger charge is 2.35. The lowest BCUT2D eigenvalue weighted by molar-refractivity contribution is -0.139. The van der Waals surface area contributed by atoms with Crippen molar-refractivity contribution >= 4 is 17.7 Å². The normalized spacial score (nSPS) is 21.5. The molecule has 0 radical (unpaired) electrons. The van der Waals surface area contributed by atoms with Gasteiger partial charge in [0.2, 0.25) is 5.91 Å². The zero-order valence-corrected chi connectivity index (χ0v) is 27.2. The summed E-state index contributed by atoms with van der Waals surface area (Å²) in [5, 5.41) is 19.4. The fourth-order valence-electron chi connectivity index (χ4n) is 7.35. The van der Waals surface area contributed by atoms with Crippen LogP contribution in [0.15, 0.2) is 23.1 Å². The largest absolute Gasteiger partial charge is 0.417 e. The minimum atomic E-state index is -4.48. The number of alkyl halides is 4. The van der Waals surface area contributed by atoms with E-state index in [2.05, 4.69) is 15.1 Å². The Balaban J connectivity index is 1.12. The molecule has 4 aliphatic heterocycles. The molecule has 0 bridgehead atoms. The molecule has 13 heteroatoms. The minimum absolute atomic E-state index is 0.0698. The van der Waals surface area contributed by atoms with Crippen LogP contribution in [0.1, 0.15) is 55.3 Å². The molecule has 0 spiro atoms. The summed E-state index contributed by atoms with van der Waals surface area (Å²) in [5.41, 5.74) is 2.59. The summed E-state index contributed by atoms with van der Waals surface area (Å²) < 4.78 is 57.4. The maximum atomic E-state index is 14.0. The molecule has 0 saturated carbocycles. The zero-order valence-electron chi connectivity index (χ0n) is 26.4. The molecule has 6 rings (SSSR count). The number of rotatable bonds is 10. The number of aliphatic hydroxyl groups excluding tert-OH is 1. The Morgan fingerprint density at radius 1 is 1.02 bits per heavy atom. The first-order valence-corrected chi connectivity index (χ1v) is 17.8. The van der Waals surface area contributed by atoms with Crippen LogP contribution in [0.2, 0.25) is 0 Å². The van der Waals surface area contributed by atoms with Crippen LogP contribution in [0.5, 0.6) is 0 Å². The van der Waals surface area contributed by atoms with Crippen LogP contribution >= 0.6 is 11.8 Å². The fraction of sp³-hybridized carbons (Fsp3) is 0.697. The smallest absolute Gasteiger partial charge is 0.390 e. The van der Waals surface area contributed by atoms with Crippen LogP contribution in [-0.2, 0) is 30.5 Å². The van der Waals surface area contributed by atoms with E-state index in [1.54, 1.807) is 6.07 Å². The van der Waals surface area contributed by atoms with E-state index in [1.165, 1.54) is 17.8 Å². The van der Waals surface area contributed by atoms with E-state index in [0.29, 0.717) is 69.1 Å². The maximum absolute atomic E-state index is 14.0. The minimum Gasteiger partial charge on any atom is -0.390 e. The van der Waals surface area contributed by atoms with E-state index in [4.69, 9.17) is 5.10 Å². The summed E-state index contributed by atoms with van der Waals surface area (Å²) in [6, 6.07) is 4.26. The molecule has 254 valence electrons. The third-order valence-corrected chi connectivity index (χ3v) is 11.0. The van der Waals surface area contributed by atoms with Crippen LogP contribution in [0, 0.1) is 5.92 Å². The molecule has 0 unspecified atom stereocenters. The lowest BCUT2D eigenvalue weighted by atomic mass is 9.95. The van der Waals surface area contributed by atoms with Gasteiger partial charge in [0, 0.05) is 92.2 Å². The van der Waals surface area contributed by atoms with Crippen LogP contribution in [0.4, 0.5) is 17.6 Å². The highest BCUT2D eigenvalue weighted by molar-refractivity contribution is 7.99. The molecule has 5 heterocycles. The van der Waals surface area contributed by atoms with E-state index in [1.807, 2.05) is 9.58 Å². The van der Waals surface area contributed by atoms with Gasteiger partial charge in [0.25, 0.3) is 0 Å². The molecular formula is C33H46F4N6O2S. The highest BCUT2D eigenvalue weighted by Crippen LogP contribution is 2.40. The van der Waals surface area contributed by atoms with Gasteiger partial charge in [-0.25, -0.2) is 4.39 Å². The van der Waals surface area contributed by atoms with Crippen LogP contribution in [-0.4, -0.2) is 112 Å². The molecule has 1 atom stereocenters. The van der Waals surface area contributed by atoms with E-state index in [9.17, 15) is 27.5 Å². The molecule has 1 amide bonds. The van der Waals surface area contributed by atoms with E-state index >= 15 is 0 Å². The molecule has 1 aromatic heterocycles. The van der Waals surface area contributed by atoms with Crippen molar-refractivity contribution in [2.45, 2.75) is 81.4 Å². The number of halogens is 4. The Hall–Kier alpha value is -2.19. The Morgan fingerprint density at radius 2 is 1.74 bits per heavy atom. The van der Waals surface area contributed by atoms with E-state index < -0.39 is 24.0 Å². The average molecular weight is 667 g/mol. The summed E-state index contributed by atoms with van der Waals surface area (Å²) in [6.07, 6.45) is -0.470. The van der Waals surface area contributed by atoms with E-state index in [0.717, 1.165) is 82.2 Å². The van der Waals surface area contributed by atoms with Gasteiger partial charge in [-0.2, -0.15) is 18.3 Å². The molecule has 1 aromatic carbocycles. The lowest BCUT2D eigenvalue weighted by Gasteiger charge is -2.34. The molecule has 4 aliphatic rings. The van der Waals surface area contributed by atoms with Crippen LogP contribution in [0.3, 0.4) is 0 Å². The second-order valence-electron chi connectivity index (χ2n) is 13.2. The topological polar surface area (TPSA) is 76.9 Å². The van der Waals surface area contributed by atoms with Crippen molar-refractivity contribution in [1.82, 2.24) is 29.8 Å².